The van der Waals surface area contributed by atoms with Crippen molar-refractivity contribution >= 4 is 16.7 Å². The van der Waals surface area contributed by atoms with E-state index in [0.29, 0.717) is 12.4 Å². The number of nitrogens with zero attached hydrogens (tertiary/aromatic N) is 3. The SMILES string of the molecule is Cc1cnn(Cc2cc3ccccc3nc2N)c1. The first-order valence-corrected chi connectivity index (χ1v) is 5.85. The number of benzene rings is 1. The number of aromatic nitrogens is 3. The Bertz CT molecular complexity index is 700. The summed E-state index contributed by atoms with van der Waals surface area (Å²) in [7, 11) is 0. The zero-order valence-corrected chi connectivity index (χ0v) is 10.2. The molecule has 0 atom stereocenters. The number of anilines is 1. The maximum atomic E-state index is 5.99. The highest BCUT2D eigenvalue weighted by Gasteiger charge is 2.05. The summed E-state index contributed by atoms with van der Waals surface area (Å²) >= 11 is 0. The minimum atomic E-state index is 0.571. The Labute approximate surface area is 105 Å². The Morgan fingerprint density at radius 2 is 2.11 bits per heavy atom. The zero-order valence-electron chi connectivity index (χ0n) is 10.2. The molecule has 0 unspecified atom stereocenters. The number of para-hydroxylation sites is 1. The second kappa shape index (κ2) is 4.14. The molecule has 4 heteroatoms. The number of aryl methyl sites for hydroxylation is 1. The Morgan fingerprint density at radius 3 is 2.89 bits per heavy atom. The lowest BCUT2D eigenvalue weighted by Crippen LogP contribution is -2.05. The van der Waals surface area contributed by atoms with Gasteiger partial charge in [0.1, 0.15) is 5.82 Å². The van der Waals surface area contributed by atoms with Gasteiger partial charge in [-0.25, -0.2) is 4.98 Å². The van der Waals surface area contributed by atoms with Gasteiger partial charge in [-0.2, -0.15) is 5.10 Å². The number of hydrogen-bond acceptors (Lipinski definition) is 3. The predicted octanol–water partition coefficient (Wildman–Crippen LogP) is 2.37. The van der Waals surface area contributed by atoms with Crippen molar-refractivity contribution in [3.63, 3.8) is 0 Å². The molecule has 0 radical (unpaired) electrons. The Morgan fingerprint density at radius 1 is 1.28 bits per heavy atom. The van der Waals surface area contributed by atoms with E-state index in [-0.39, 0.29) is 0 Å². The maximum Gasteiger partial charge on any atom is 0.129 e. The molecular formula is C14H14N4. The van der Waals surface area contributed by atoms with Crippen LogP contribution in [0.4, 0.5) is 5.82 Å². The van der Waals surface area contributed by atoms with Gasteiger partial charge in [-0.05, 0) is 24.6 Å². The van der Waals surface area contributed by atoms with E-state index >= 15 is 0 Å². The molecule has 0 bridgehead atoms. The number of nitrogen functional groups attached to an aromatic ring is 1. The van der Waals surface area contributed by atoms with Crippen molar-refractivity contribution in [3.05, 3.63) is 53.9 Å². The first-order valence-electron chi connectivity index (χ1n) is 5.85. The van der Waals surface area contributed by atoms with Gasteiger partial charge in [-0.15, -0.1) is 0 Å². The van der Waals surface area contributed by atoms with E-state index in [9.17, 15) is 0 Å². The van der Waals surface area contributed by atoms with Crippen LogP contribution in [0.1, 0.15) is 11.1 Å². The predicted molar refractivity (Wildman–Crippen MR) is 72.2 cm³/mol. The highest BCUT2D eigenvalue weighted by molar-refractivity contribution is 5.81. The van der Waals surface area contributed by atoms with Crippen LogP contribution in [0, 0.1) is 6.92 Å². The van der Waals surface area contributed by atoms with Gasteiger partial charge >= 0.3 is 0 Å². The maximum absolute atomic E-state index is 5.99. The van der Waals surface area contributed by atoms with Crippen LogP contribution in [0.25, 0.3) is 10.9 Å². The van der Waals surface area contributed by atoms with Gasteiger partial charge in [0.05, 0.1) is 18.3 Å². The second-order valence-corrected chi connectivity index (χ2v) is 4.44. The molecule has 0 fully saturated rings. The molecule has 0 aliphatic carbocycles. The van der Waals surface area contributed by atoms with Crippen LogP contribution in [0.2, 0.25) is 0 Å². The molecule has 0 spiro atoms. The third kappa shape index (κ3) is 1.93. The van der Waals surface area contributed by atoms with Gasteiger partial charge in [-0.1, -0.05) is 18.2 Å². The molecule has 3 rings (SSSR count). The average molecular weight is 238 g/mol. The summed E-state index contributed by atoms with van der Waals surface area (Å²) in [5.41, 5.74) is 9.05. The molecule has 1 aromatic carbocycles. The van der Waals surface area contributed by atoms with Crippen molar-refractivity contribution in [2.24, 2.45) is 0 Å². The van der Waals surface area contributed by atoms with E-state index in [2.05, 4.69) is 16.1 Å². The highest BCUT2D eigenvalue weighted by Crippen LogP contribution is 2.19. The van der Waals surface area contributed by atoms with Gasteiger partial charge in [0.15, 0.2) is 0 Å². The van der Waals surface area contributed by atoms with Crippen LogP contribution in [-0.4, -0.2) is 14.8 Å². The van der Waals surface area contributed by atoms with E-state index in [0.717, 1.165) is 22.0 Å². The summed E-state index contributed by atoms with van der Waals surface area (Å²) in [5, 5.41) is 5.37. The van der Waals surface area contributed by atoms with Crippen molar-refractivity contribution in [3.8, 4) is 0 Å². The van der Waals surface area contributed by atoms with Crippen molar-refractivity contribution < 1.29 is 0 Å². The van der Waals surface area contributed by atoms with Gasteiger partial charge in [0.2, 0.25) is 0 Å². The van der Waals surface area contributed by atoms with Crippen LogP contribution < -0.4 is 5.73 Å². The number of hydrogen-bond donors (Lipinski definition) is 1. The normalized spacial score (nSPS) is 10.9. The minimum absolute atomic E-state index is 0.571. The molecule has 0 amide bonds. The monoisotopic (exact) mass is 238 g/mol. The second-order valence-electron chi connectivity index (χ2n) is 4.44. The molecule has 2 heterocycles. The number of pyridine rings is 1. The summed E-state index contributed by atoms with van der Waals surface area (Å²) in [6, 6.07) is 10.1. The summed E-state index contributed by atoms with van der Waals surface area (Å²) in [4.78, 5) is 4.42. The summed E-state index contributed by atoms with van der Waals surface area (Å²) in [6.07, 6.45) is 3.83. The van der Waals surface area contributed by atoms with Crippen molar-refractivity contribution in [1.29, 1.82) is 0 Å². The van der Waals surface area contributed by atoms with Crippen LogP contribution in [0.5, 0.6) is 0 Å². The minimum Gasteiger partial charge on any atom is -0.383 e. The van der Waals surface area contributed by atoms with Crippen LogP contribution in [0.15, 0.2) is 42.7 Å². The first-order chi connectivity index (χ1) is 8.72. The van der Waals surface area contributed by atoms with E-state index in [1.807, 2.05) is 48.3 Å². The van der Waals surface area contributed by atoms with E-state index in [1.165, 1.54) is 0 Å². The van der Waals surface area contributed by atoms with Crippen molar-refractivity contribution in [2.75, 3.05) is 5.73 Å². The van der Waals surface area contributed by atoms with E-state index in [1.54, 1.807) is 0 Å². The summed E-state index contributed by atoms with van der Waals surface area (Å²) in [6.45, 7) is 2.67. The van der Waals surface area contributed by atoms with Gasteiger partial charge in [0.25, 0.3) is 0 Å². The lowest BCUT2D eigenvalue weighted by atomic mass is 10.1. The molecule has 0 aliphatic heterocycles. The number of fused-ring (bicyclic) bond motifs is 1. The Hall–Kier alpha value is -2.36. The summed E-state index contributed by atoms with van der Waals surface area (Å²) in [5.74, 6) is 0.571. The van der Waals surface area contributed by atoms with E-state index in [4.69, 9.17) is 5.73 Å². The Kier molecular flexibility index (Phi) is 2.48. The van der Waals surface area contributed by atoms with E-state index < -0.39 is 0 Å². The first kappa shape index (κ1) is 10.8. The third-order valence-corrected chi connectivity index (χ3v) is 2.93. The van der Waals surface area contributed by atoms with Crippen LogP contribution in [0.3, 0.4) is 0 Å². The fraction of sp³-hybridized carbons (Fsp3) is 0.143. The molecule has 0 saturated heterocycles. The molecule has 0 aliphatic rings. The lowest BCUT2D eigenvalue weighted by molar-refractivity contribution is 0.687. The zero-order chi connectivity index (χ0) is 12.5. The molecule has 0 saturated carbocycles. The van der Waals surface area contributed by atoms with Gasteiger partial charge in [-0.3, -0.25) is 4.68 Å². The molecule has 4 nitrogen and oxygen atoms in total. The Balaban J connectivity index is 2.03. The lowest BCUT2D eigenvalue weighted by Gasteiger charge is -2.07. The third-order valence-electron chi connectivity index (χ3n) is 2.93. The highest BCUT2D eigenvalue weighted by atomic mass is 15.3. The van der Waals surface area contributed by atoms with Gasteiger partial charge in [0, 0.05) is 17.1 Å². The molecule has 2 aromatic heterocycles. The van der Waals surface area contributed by atoms with Crippen molar-refractivity contribution in [1.82, 2.24) is 14.8 Å². The largest absolute Gasteiger partial charge is 0.383 e. The number of rotatable bonds is 2. The standard InChI is InChI=1S/C14H14N4/c1-10-7-16-18(8-10)9-12-6-11-4-2-3-5-13(11)17-14(12)15/h2-8H,9H2,1H3,(H2,15,17). The smallest absolute Gasteiger partial charge is 0.129 e. The van der Waals surface area contributed by atoms with Gasteiger partial charge < -0.3 is 5.73 Å². The molecular weight excluding hydrogens is 224 g/mol. The van der Waals surface area contributed by atoms with Crippen LogP contribution >= 0.6 is 0 Å². The quantitative estimate of drug-likeness (QED) is 0.745. The summed E-state index contributed by atoms with van der Waals surface area (Å²) < 4.78 is 1.87. The van der Waals surface area contributed by atoms with Crippen molar-refractivity contribution in [2.45, 2.75) is 13.5 Å². The van der Waals surface area contributed by atoms with Crippen LogP contribution in [-0.2, 0) is 6.54 Å². The molecule has 2 N–H and O–H groups in total. The fourth-order valence-electron chi connectivity index (χ4n) is 2.03. The molecule has 3 aromatic rings. The average Bonchev–Trinajstić information content (AvgIpc) is 2.76. The topological polar surface area (TPSA) is 56.7 Å². The fourth-order valence-corrected chi connectivity index (χ4v) is 2.03. The number of nitrogens with two attached hydrogens (primary N) is 1. The molecule has 90 valence electrons. The molecule has 18 heavy (non-hydrogen) atoms.